The van der Waals surface area contributed by atoms with Gasteiger partial charge in [0, 0.05) is 28.8 Å². The van der Waals surface area contributed by atoms with Gasteiger partial charge in [0.05, 0.1) is 16.7 Å². The van der Waals surface area contributed by atoms with Crippen LogP contribution in [0.2, 0.25) is 5.02 Å². The lowest BCUT2D eigenvalue weighted by molar-refractivity contribution is 0.0703. The lowest BCUT2D eigenvalue weighted by Gasteiger charge is -2.35. The number of carboxylic acid groups (broad SMARTS) is 1. The Kier molecular flexibility index (Phi) is 4.66. The van der Waals surface area contributed by atoms with E-state index in [1.807, 2.05) is 0 Å². The monoisotopic (exact) mass is 462 g/mol. The molecular weight excluding hydrogens is 444 g/mol. The Morgan fingerprint density at radius 3 is 2.67 bits per heavy atom. The molecule has 3 aromatic carbocycles. The zero-order valence-electron chi connectivity index (χ0n) is 17.7. The largest absolute Gasteiger partial charge is 0.465 e. The lowest BCUT2D eigenvalue weighted by atomic mass is 9.93. The number of imidazole rings is 1. The molecule has 1 unspecified atom stereocenters. The fourth-order valence-electron chi connectivity index (χ4n) is 4.23. The van der Waals surface area contributed by atoms with Gasteiger partial charge in [-0.05, 0) is 42.8 Å². The average molecular weight is 463 g/mol. The molecule has 1 atom stereocenters. The first-order chi connectivity index (χ1) is 15.7. The van der Waals surface area contributed by atoms with Crippen molar-refractivity contribution in [3.63, 3.8) is 0 Å². The number of amides is 2. The molecule has 166 valence electrons. The van der Waals surface area contributed by atoms with Crippen LogP contribution in [0.15, 0.2) is 60.7 Å². The van der Waals surface area contributed by atoms with E-state index in [2.05, 4.69) is 9.97 Å². The number of aromatic nitrogens is 2. The van der Waals surface area contributed by atoms with Crippen LogP contribution < -0.4 is 9.80 Å². The van der Waals surface area contributed by atoms with Crippen LogP contribution in [-0.4, -0.2) is 39.2 Å². The maximum Gasteiger partial charge on any atom is 0.413 e. The van der Waals surface area contributed by atoms with E-state index in [4.69, 9.17) is 11.6 Å². The molecule has 0 bridgehead atoms. The van der Waals surface area contributed by atoms with E-state index in [-0.39, 0.29) is 11.9 Å². The quantitative estimate of drug-likeness (QED) is 0.415. The van der Waals surface area contributed by atoms with Crippen LogP contribution in [-0.2, 0) is 5.72 Å². The Balaban J connectivity index is 1.74. The van der Waals surface area contributed by atoms with Gasteiger partial charge in [-0.25, -0.2) is 9.78 Å². The van der Waals surface area contributed by atoms with Gasteiger partial charge in [-0.1, -0.05) is 41.9 Å². The Hall–Kier alpha value is -3.88. The molecule has 1 aliphatic rings. The van der Waals surface area contributed by atoms with Crippen LogP contribution in [0.4, 0.5) is 16.4 Å². The molecular formula is C24H19ClN4O4. The molecule has 2 heterocycles. The second kappa shape index (κ2) is 7.33. The minimum atomic E-state index is -1.82. The van der Waals surface area contributed by atoms with E-state index < -0.39 is 11.8 Å². The summed E-state index contributed by atoms with van der Waals surface area (Å²) >= 11 is 6.34. The van der Waals surface area contributed by atoms with Crippen LogP contribution >= 0.6 is 11.6 Å². The van der Waals surface area contributed by atoms with Gasteiger partial charge in [0.2, 0.25) is 5.95 Å². The summed E-state index contributed by atoms with van der Waals surface area (Å²) in [5, 5.41) is 21.9. The minimum Gasteiger partial charge on any atom is -0.465 e. The second-order valence-electron chi connectivity index (χ2n) is 7.88. The fourth-order valence-corrected chi connectivity index (χ4v) is 4.40. The van der Waals surface area contributed by atoms with Crippen molar-refractivity contribution in [3.05, 3.63) is 87.9 Å². The van der Waals surface area contributed by atoms with E-state index in [9.17, 15) is 19.8 Å². The van der Waals surface area contributed by atoms with Gasteiger partial charge in [-0.2, -0.15) is 0 Å². The predicted molar refractivity (Wildman–Crippen MR) is 125 cm³/mol. The Labute approximate surface area is 193 Å². The number of anilines is 2. The number of aliphatic hydroxyl groups is 1. The van der Waals surface area contributed by atoms with E-state index in [1.165, 1.54) is 11.9 Å². The molecule has 0 saturated carbocycles. The van der Waals surface area contributed by atoms with E-state index in [1.54, 1.807) is 67.6 Å². The number of nitrogens with zero attached hydrogens (tertiary/aromatic N) is 3. The zero-order valence-corrected chi connectivity index (χ0v) is 18.5. The molecule has 0 spiro atoms. The highest BCUT2D eigenvalue weighted by Gasteiger charge is 2.51. The summed E-state index contributed by atoms with van der Waals surface area (Å²) in [6.07, 6.45) is -1.16. The molecule has 0 aliphatic carbocycles. The number of carbonyl (C=O) groups excluding carboxylic acids is 1. The molecule has 5 rings (SSSR count). The van der Waals surface area contributed by atoms with Crippen LogP contribution in [0.5, 0.6) is 0 Å². The number of H-pyrrole nitrogens is 1. The molecule has 0 saturated heterocycles. The van der Waals surface area contributed by atoms with Crippen LogP contribution in [0, 0.1) is 6.92 Å². The fraction of sp³-hybridized carbons (Fsp3) is 0.125. The number of hydrogen-bond acceptors (Lipinski definition) is 4. The maximum atomic E-state index is 13.5. The first-order valence-electron chi connectivity index (χ1n) is 10.1. The molecule has 9 heteroatoms. The summed E-state index contributed by atoms with van der Waals surface area (Å²) in [7, 11) is 1.38. The van der Waals surface area contributed by atoms with E-state index >= 15 is 0 Å². The Morgan fingerprint density at radius 2 is 1.91 bits per heavy atom. The van der Waals surface area contributed by atoms with Crippen LogP contribution in [0.1, 0.15) is 27.0 Å². The minimum absolute atomic E-state index is 0.145. The van der Waals surface area contributed by atoms with Crippen molar-refractivity contribution in [1.82, 2.24) is 9.97 Å². The number of carbonyl (C=O) groups is 2. The highest BCUT2D eigenvalue weighted by atomic mass is 35.5. The third-order valence-corrected chi connectivity index (χ3v) is 6.43. The Morgan fingerprint density at radius 1 is 1.15 bits per heavy atom. The third kappa shape index (κ3) is 2.99. The molecule has 1 aromatic heterocycles. The maximum absolute atomic E-state index is 13.5. The van der Waals surface area contributed by atoms with Gasteiger partial charge >= 0.3 is 6.09 Å². The topological polar surface area (TPSA) is 110 Å². The summed E-state index contributed by atoms with van der Waals surface area (Å²) in [4.78, 5) is 34.4. The van der Waals surface area contributed by atoms with Crippen molar-refractivity contribution in [2.24, 2.45) is 0 Å². The molecule has 2 amide bonds. The summed E-state index contributed by atoms with van der Waals surface area (Å²) in [5.41, 5.74) is 1.58. The van der Waals surface area contributed by atoms with E-state index in [0.29, 0.717) is 44.0 Å². The summed E-state index contributed by atoms with van der Waals surface area (Å²) in [5.74, 6) is -0.209. The van der Waals surface area contributed by atoms with Gasteiger partial charge in [-0.15, -0.1) is 0 Å². The Bertz CT molecular complexity index is 1450. The number of aromatic amines is 1. The SMILES string of the molecule is Cc1c(Cl)cccc1N1C(=O)c2ccccc2C1(O)c1ccc2[nH]c(N(C)C(=O)O)nc2c1. The third-order valence-electron chi connectivity index (χ3n) is 6.02. The lowest BCUT2D eigenvalue weighted by Crippen LogP contribution is -2.45. The highest BCUT2D eigenvalue weighted by molar-refractivity contribution is 6.32. The van der Waals surface area contributed by atoms with Crippen molar-refractivity contribution in [1.29, 1.82) is 0 Å². The smallest absolute Gasteiger partial charge is 0.413 e. The van der Waals surface area contributed by atoms with Crippen LogP contribution in [0.25, 0.3) is 11.0 Å². The van der Waals surface area contributed by atoms with Crippen molar-refractivity contribution in [2.75, 3.05) is 16.8 Å². The van der Waals surface area contributed by atoms with Crippen LogP contribution in [0.3, 0.4) is 0 Å². The predicted octanol–water partition coefficient (Wildman–Crippen LogP) is 4.49. The van der Waals surface area contributed by atoms with E-state index in [0.717, 1.165) is 4.90 Å². The van der Waals surface area contributed by atoms with Gasteiger partial charge in [0.15, 0.2) is 5.72 Å². The number of fused-ring (bicyclic) bond motifs is 2. The van der Waals surface area contributed by atoms with Gasteiger partial charge in [0.25, 0.3) is 5.91 Å². The first-order valence-corrected chi connectivity index (χ1v) is 10.5. The average Bonchev–Trinajstić information content (AvgIpc) is 3.33. The van der Waals surface area contributed by atoms with Gasteiger partial charge in [0.1, 0.15) is 0 Å². The molecule has 3 N–H and O–H groups in total. The first kappa shape index (κ1) is 21.0. The molecule has 1 aliphatic heterocycles. The number of hydrogen-bond donors (Lipinski definition) is 3. The zero-order chi connectivity index (χ0) is 23.5. The molecule has 8 nitrogen and oxygen atoms in total. The van der Waals surface area contributed by atoms with Crippen molar-refractivity contribution in [3.8, 4) is 0 Å². The van der Waals surface area contributed by atoms with Crippen molar-refractivity contribution in [2.45, 2.75) is 12.6 Å². The van der Waals surface area contributed by atoms with Crippen molar-refractivity contribution >= 4 is 46.3 Å². The van der Waals surface area contributed by atoms with Crippen molar-refractivity contribution < 1.29 is 19.8 Å². The normalized spacial score (nSPS) is 17.5. The summed E-state index contributed by atoms with van der Waals surface area (Å²) in [6, 6.07) is 17.1. The van der Waals surface area contributed by atoms with Gasteiger partial charge in [-0.3, -0.25) is 14.6 Å². The molecule has 0 radical (unpaired) electrons. The number of halogens is 1. The molecule has 4 aromatic rings. The summed E-state index contributed by atoms with van der Waals surface area (Å²) in [6.45, 7) is 1.79. The molecule has 33 heavy (non-hydrogen) atoms. The second-order valence-corrected chi connectivity index (χ2v) is 8.28. The highest BCUT2D eigenvalue weighted by Crippen LogP contribution is 2.46. The number of benzene rings is 3. The number of rotatable bonds is 3. The standard InChI is InChI=1S/C24H19ClN4O4/c1-13-17(25)8-5-9-20(13)29-21(30)15-6-3-4-7-16(15)24(29,33)14-10-11-18-19(12-14)27-22(26-18)28(2)23(31)32/h3-12,33H,1-2H3,(H,26,27)(H,31,32). The number of nitrogens with one attached hydrogen (secondary N) is 1. The van der Waals surface area contributed by atoms with Gasteiger partial charge < -0.3 is 15.2 Å². The molecule has 0 fully saturated rings. The summed E-state index contributed by atoms with van der Waals surface area (Å²) < 4.78 is 0.